The number of allylic oxidation sites excluding steroid dienone is 4. The summed E-state index contributed by atoms with van der Waals surface area (Å²) >= 11 is 0. The summed E-state index contributed by atoms with van der Waals surface area (Å²) in [5.74, 6) is -0.741. The molecule has 1 rings (SSSR count). The maximum absolute atomic E-state index is 10.7. The van der Waals surface area contributed by atoms with Gasteiger partial charge in [-0.1, -0.05) is 31.1 Å². The lowest BCUT2D eigenvalue weighted by molar-refractivity contribution is -0.136. The summed E-state index contributed by atoms with van der Waals surface area (Å²) in [7, 11) is 0. The number of nitrogens with zero attached hydrogens (tertiary/aromatic N) is 1. The highest BCUT2D eigenvalue weighted by molar-refractivity contribution is 5.88. The third-order valence-electron chi connectivity index (χ3n) is 3.35. The lowest BCUT2D eigenvalue weighted by Gasteiger charge is -2.12. The molecule has 0 aromatic rings. The van der Waals surface area contributed by atoms with E-state index in [1.807, 2.05) is 0 Å². The number of rotatable bonds is 6. The van der Waals surface area contributed by atoms with Gasteiger partial charge in [-0.15, -0.1) is 0 Å². The summed E-state index contributed by atoms with van der Waals surface area (Å²) in [6.07, 6.45) is 11.3. The first-order valence-electron chi connectivity index (χ1n) is 7.25. The number of hydrogen-bond donors (Lipinski definition) is 1. The van der Waals surface area contributed by atoms with E-state index in [0.717, 1.165) is 44.2 Å². The van der Waals surface area contributed by atoms with E-state index in [-0.39, 0.29) is 6.42 Å². The van der Waals surface area contributed by atoms with Crippen LogP contribution in [0.2, 0.25) is 0 Å². The lowest BCUT2D eigenvalue weighted by atomic mass is 10.0. The Morgan fingerprint density at radius 3 is 2.53 bits per heavy atom. The second-order valence-corrected chi connectivity index (χ2v) is 5.10. The quantitative estimate of drug-likeness (QED) is 0.566. The fraction of sp³-hybridized carbons (Fsp3) is 0.625. The molecule has 0 aromatic carbocycles. The Morgan fingerprint density at radius 2 is 1.89 bits per heavy atom. The van der Waals surface area contributed by atoms with Crippen molar-refractivity contribution < 1.29 is 9.90 Å². The van der Waals surface area contributed by atoms with Crippen LogP contribution in [0.15, 0.2) is 28.4 Å². The summed E-state index contributed by atoms with van der Waals surface area (Å²) in [4.78, 5) is 15.5. The van der Waals surface area contributed by atoms with Gasteiger partial charge in [-0.25, -0.2) is 0 Å². The van der Waals surface area contributed by atoms with Gasteiger partial charge in [0.25, 0.3) is 0 Å². The van der Waals surface area contributed by atoms with Crippen LogP contribution in [0.1, 0.15) is 65.2 Å². The van der Waals surface area contributed by atoms with Crippen molar-refractivity contribution >= 4 is 11.7 Å². The maximum atomic E-state index is 10.7. The summed E-state index contributed by atoms with van der Waals surface area (Å²) in [6.45, 7) is 4.26. The smallest absolute Gasteiger partial charge is 0.303 e. The molecule has 0 atom stereocenters. The van der Waals surface area contributed by atoms with Crippen molar-refractivity contribution in [1.82, 2.24) is 0 Å². The standard InChI is InChI=1S/C16H25NO2/c1-3-8-14(11-12-16(18)19)17-15-10-7-5-4-6-9-13(15)2/h4-5H,3,6-12H2,1-2H3,(H,18,19)/b5-4+,15-13+,17-14?. The largest absolute Gasteiger partial charge is 0.481 e. The zero-order valence-electron chi connectivity index (χ0n) is 12.1. The molecule has 3 nitrogen and oxygen atoms in total. The average Bonchev–Trinajstić information content (AvgIpc) is 2.35. The average molecular weight is 263 g/mol. The van der Waals surface area contributed by atoms with Gasteiger partial charge in [0.15, 0.2) is 0 Å². The van der Waals surface area contributed by atoms with Crippen LogP contribution >= 0.6 is 0 Å². The van der Waals surface area contributed by atoms with Crippen LogP contribution in [-0.4, -0.2) is 16.8 Å². The minimum absolute atomic E-state index is 0.186. The zero-order chi connectivity index (χ0) is 14.1. The van der Waals surface area contributed by atoms with Crippen LogP contribution in [0.3, 0.4) is 0 Å². The van der Waals surface area contributed by atoms with E-state index < -0.39 is 5.97 Å². The number of aliphatic carboxylic acids is 1. The molecule has 106 valence electrons. The van der Waals surface area contributed by atoms with Crippen molar-refractivity contribution in [3.8, 4) is 0 Å². The van der Waals surface area contributed by atoms with E-state index in [1.165, 1.54) is 11.3 Å². The number of carboxylic acids is 1. The van der Waals surface area contributed by atoms with Crippen LogP contribution in [0.25, 0.3) is 0 Å². The first-order valence-corrected chi connectivity index (χ1v) is 7.25. The van der Waals surface area contributed by atoms with Gasteiger partial charge in [-0.3, -0.25) is 9.79 Å². The van der Waals surface area contributed by atoms with Crippen LogP contribution in [0, 0.1) is 0 Å². The van der Waals surface area contributed by atoms with E-state index >= 15 is 0 Å². The monoisotopic (exact) mass is 263 g/mol. The van der Waals surface area contributed by atoms with Crippen molar-refractivity contribution in [2.24, 2.45) is 4.99 Å². The normalized spacial score (nSPS) is 22.7. The predicted molar refractivity (Wildman–Crippen MR) is 79.5 cm³/mol. The first-order chi connectivity index (χ1) is 9.13. The minimum Gasteiger partial charge on any atom is -0.481 e. The second-order valence-electron chi connectivity index (χ2n) is 5.10. The molecule has 19 heavy (non-hydrogen) atoms. The van der Waals surface area contributed by atoms with Crippen molar-refractivity contribution in [3.63, 3.8) is 0 Å². The highest BCUT2D eigenvalue weighted by atomic mass is 16.4. The van der Waals surface area contributed by atoms with Gasteiger partial charge in [0.2, 0.25) is 0 Å². The molecule has 0 unspecified atom stereocenters. The molecule has 0 bridgehead atoms. The zero-order valence-corrected chi connectivity index (χ0v) is 12.1. The second kappa shape index (κ2) is 8.68. The highest BCUT2D eigenvalue weighted by Crippen LogP contribution is 2.21. The van der Waals surface area contributed by atoms with Gasteiger partial charge in [0, 0.05) is 11.4 Å². The Bertz CT molecular complexity index is 392. The van der Waals surface area contributed by atoms with Crippen molar-refractivity contribution in [2.75, 3.05) is 0 Å². The van der Waals surface area contributed by atoms with Gasteiger partial charge in [0.1, 0.15) is 0 Å². The summed E-state index contributed by atoms with van der Waals surface area (Å²) < 4.78 is 0. The molecular formula is C16H25NO2. The molecule has 0 aliphatic heterocycles. The maximum Gasteiger partial charge on any atom is 0.303 e. The molecule has 1 aliphatic carbocycles. The molecule has 0 heterocycles. The van der Waals surface area contributed by atoms with Crippen LogP contribution in [-0.2, 0) is 4.79 Å². The number of carbonyl (C=O) groups is 1. The van der Waals surface area contributed by atoms with Gasteiger partial charge in [-0.05, 0) is 45.4 Å². The Morgan fingerprint density at radius 1 is 1.21 bits per heavy atom. The molecule has 0 saturated heterocycles. The Hall–Kier alpha value is -1.38. The lowest BCUT2D eigenvalue weighted by Crippen LogP contribution is -2.05. The Balaban J connectivity index is 2.78. The van der Waals surface area contributed by atoms with E-state index in [2.05, 4.69) is 26.0 Å². The molecule has 3 heteroatoms. The Kier molecular flexibility index (Phi) is 7.16. The van der Waals surface area contributed by atoms with Crippen molar-refractivity contribution in [3.05, 3.63) is 23.4 Å². The molecule has 0 radical (unpaired) electrons. The van der Waals surface area contributed by atoms with Gasteiger partial charge < -0.3 is 5.11 Å². The number of aliphatic imine (C=N–C) groups is 1. The molecule has 0 saturated carbocycles. The molecule has 1 aliphatic rings. The van der Waals surface area contributed by atoms with Gasteiger partial charge >= 0.3 is 5.97 Å². The van der Waals surface area contributed by atoms with E-state index in [1.54, 1.807) is 0 Å². The van der Waals surface area contributed by atoms with Crippen LogP contribution < -0.4 is 0 Å². The fourth-order valence-electron chi connectivity index (χ4n) is 2.23. The third-order valence-corrected chi connectivity index (χ3v) is 3.35. The van der Waals surface area contributed by atoms with E-state index in [9.17, 15) is 4.79 Å². The highest BCUT2D eigenvalue weighted by Gasteiger charge is 2.07. The van der Waals surface area contributed by atoms with Gasteiger partial charge in [0.05, 0.1) is 6.42 Å². The first kappa shape index (κ1) is 15.7. The number of carboxylic acid groups (broad SMARTS) is 1. The van der Waals surface area contributed by atoms with E-state index in [4.69, 9.17) is 10.1 Å². The van der Waals surface area contributed by atoms with Crippen molar-refractivity contribution in [1.29, 1.82) is 0 Å². The summed E-state index contributed by atoms with van der Waals surface area (Å²) in [5, 5.41) is 8.79. The predicted octanol–water partition coefficient (Wildman–Crippen LogP) is 4.50. The molecule has 0 fully saturated rings. The Labute approximate surface area is 116 Å². The summed E-state index contributed by atoms with van der Waals surface area (Å²) in [5.41, 5.74) is 3.58. The van der Waals surface area contributed by atoms with Gasteiger partial charge in [-0.2, -0.15) is 0 Å². The van der Waals surface area contributed by atoms with Crippen LogP contribution in [0.4, 0.5) is 0 Å². The number of hydrogen-bond acceptors (Lipinski definition) is 2. The summed E-state index contributed by atoms with van der Waals surface area (Å²) in [6, 6.07) is 0. The molecule has 0 amide bonds. The fourth-order valence-corrected chi connectivity index (χ4v) is 2.23. The molecular weight excluding hydrogens is 238 g/mol. The minimum atomic E-state index is -0.741. The molecule has 0 spiro atoms. The van der Waals surface area contributed by atoms with E-state index in [0.29, 0.717) is 6.42 Å². The third kappa shape index (κ3) is 6.37. The molecule has 1 N–H and O–H groups in total. The van der Waals surface area contributed by atoms with Crippen LogP contribution in [0.5, 0.6) is 0 Å². The van der Waals surface area contributed by atoms with Crippen molar-refractivity contribution in [2.45, 2.75) is 65.2 Å². The molecule has 0 aromatic heterocycles. The SMILES string of the molecule is CCCC(CCC(=O)O)=N/C1=C(\C)CC/C=C/CC1. The topological polar surface area (TPSA) is 49.7 Å².